The number of amides is 2. The molecule has 0 saturated heterocycles. The first-order chi connectivity index (χ1) is 13.1. The number of likely N-dealkylation sites (N-methyl/N-ethyl adjacent to an activating group) is 1. The first-order valence-corrected chi connectivity index (χ1v) is 9.45. The van der Waals surface area contributed by atoms with E-state index >= 15 is 0 Å². The predicted molar refractivity (Wildman–Crippen MR) is 106 cm³/mol. The molecule has 0 aliphatic heterocycles. The molecule has 3 rings (SSSR count). The molecule has 0 aliphatic rings. The van der Waals surface area contributed by atoms with Crippen molar-refractivity contribution < 1.29 is 14.3 Å². The largest absolute Gasteiger partial charge is 0.450 e. The zero-order valence-electron chi connectivity index (χ0n) is 15.1. The molecule has 0 atom stereocenters. The van der Waals surface area contributed by atoms with Crippen molar-refractivity contribution in [3.63, 3.8) is 0 Å². The summed E-state index contributed by atoms with van der Waals surface area (Å²) in [6.45, 7) is 4.37. The smallest absolute Gasteiger partial charge is 0.413 e. The van der Waals surface area contributed by atoms with Gasteiger partial charge in [-0.25, -0.2) is 14.8 Å². The van der Waals surface area contributed by atoms with Crippen LogP contribution in [-0.4, -0.2) is 41.7 Å². The Balaban J connectivity index is 1.87. The molecule has 27 heavy (non-hydrogen) atoms. The highest BCUT2D eigenvalue weighted by Gasteiger charge is 2.18. The topological polar surface area (TPSA) is 84.4 Å². The molecule has 3 aromatic rings. The Morgan fingerprint density at radius 1 is 1.19 bits per heavy atom. The van der Waals surface area contributed by atoms with E-state index in [9.17, 15) is 9.59 Å². The summed E-state index contributed by atoms with van der Waals surface area (Å²) >= 11 is 1.58. The molecule has 1 aromatic carbocycles. The van der Waals surface area contributed by atoms with E-state index in [0.717, 1.165) is 20.7 Å². The fourth-order valence-corrected chi connectivity index (χ4v) is 3.67. The average molecular weight is 384 g/mol. The number of nitrogens with zero attached hydrogens (tertiary/aromatic N) is 3. The summed E-state index contributed by atoms with van der Waals surface area (Å²) in [7, 11) is 0. The van der Waals surface area contributed by atoms with Gasteiger partial charge in [-0.2, -0.15) is 0 Å². The van der Waals surface area contributed by atoms with Gasteiger partial charge < -0.3 is 9.64 Å². The van der Waals surface area contributed by atoms with Gasteiger partial charge in [0, 0.05) is 11.4 Å². The summed E-state index contributed by atoms with van der Waals surface area (Å²) < 4.78 is 4.74. The standard InChI is InChI=1S/C19H20N4O3S/c1-3-23(11-16(24)22-19(25)26-4-2)17-14-10-15(13-8-6-5-7-9-13)27-18(14)21-12-20-17/h5-10,12H,3-4,11H2,1-2H3,(H,22,24,25). The molecule has 0 bridgehead atoms. The lowest BCUT2D eigenvalue weighted by Crippen LogP contribution is -2.40. The van der Waals surface area contributed by atoms with Crippen molar-refractivity contribution in [1.82, 2.24) is 15.3 Å². The Morgan fingerprint density at radius 2 is 1.96 bits per heavy atom. The maximum atomic E-state index is 12.1. The predicted octanol–water partition coefficient (Wildman–Crippen LogP) is 3.46. The molecular formula is C19H20N4O3S. The lowest BCUT2D eigenvalue weighted by Gasteiger charge is -2.21. The molecular weight excluding hydrogens is 364 g/mol. The summed E-state index contributed by atoms with van der Waals surface area (Å²) in [5, 5.41) is 3.09. The maximum absolute atomic E-state index is 12.1. The van der Waals surface area contributed by atoms with Crippen molar-refractivity contribution in [3.8, 4) is 10.4 Å². The highest BCUT2D eigenvalue weighted by Crippen LogP contribution is 2.35. The molecule has 140 valence electrons. The number of benzene rings is 1. The summed E-state index contributed by atoms with van der Waals surface area (Å²) in [5.41, 5.74) is 1.11. The van der Waals surface area contributed by atoms with Gasteiger partial charge in [-0.05, 0) is 25.5 Å². The number of hydrogen-bond donors (Lipinski definition) is 1. The molecule has 8 heteroatoms. The van der Waals surface area contributed by atoms with Gasteiger partial charge in [0.2, 0.25) is 5.91 Å². The van der Waals surface area contributed by atoms with E-state index in [1.807, 2.05) is 43.3 Å². The Bertz CT molecular complexity index is 943. The quantitative estimate of drug-likeness (QED) is 0.701. The van der Waals surface area contributed by atoms with Crippen LogP contribution >= 0.6 is 11.3 Å². The van der Waals surface area contributed by atoms with Crippen LogP contribution in [0.5, 0.6) is 0 Å². The summed E-state index contributed by atoms with van der Waals surface area (Å²) in [6, 6.07) is 12.1. The lowest BCUT2D eigenvalue weighted by atomic mass is 10.2. The number of fused-ring (bicyclic) bond motifs is 1. The number of alkyl carbamates (subject to hydrolysis) is 1. The number of imide groups is 1. The Hall–Kier alpha value is -3.00. The van der Waals surface area contributed by atoms with Crippen LogP contribution in [0.1, 0.15) is 13.8 Å². The molecule has 0 unspecified atom stereocenters. The number of thiophene rings is 1. The molecule has 0 saturated carbocycles. The van der Waals surface area contributed by atoms with E-state index in [1.165, 1.54) is 6.33 Å². The van der Waals surface area contributed by atoms with Crippen LogP contribution < -0.4 is 10.2 Å². The number of nitrogens with one attached hydrogen (secondary N) is 1. The number of aromatic nitrogens is 2. The first-order valence-electron chi connectivity index (χ1n) is 8.63. The van der Waals surface area contributed by atoms with E-state index in [1.54, 1.807) is 23.2 Å². The molecule has 2 amide bonds. The minimum Gasteiger partial charge on any atom is -0.450 e. The van der Waals surface area contributed by atoms with E-state index < -0.39 is 12.0 Å². The number of rotatable bonds is 6. The van der Waals surface area contributed by atoms with Gasteiger partial charge in [0.15, 0.2) is 0 Å². The van der Waals surface area contributed by atoms with Crippen LogP contribution in [0.15, 0.2) is 42.7 Å². The van der Waals surface area contributed by atoms with Crippen LogP contribution in [0.2, 0.25) is 0 Å². The van der Waals surface area contributed by atoms with Crippen LogP contribution in [0.3, 0.4) is 0 Å². The monoisotopic (exact) mass is 384 g/mol. The van der Waals surface area contributed by atoms with Crippen molar-refractivity contribution in [2.24, 2.45) is 0 Å². The van der Waals surface area contributed by atoms with Gasteiger partial charge in [-0.1, -0.05) is 30.3 Å². The Labute approximate surface area is 161 Å². The fraction of sp³-hybridized carbons (Fsp3) is 0.263. The number of carbonyl (C=O) groups excluding carboxylic acids is 2. The molecule has 0 spiro atoms. The van der Waals surface area contributed by atoms with E-state index in [2.05, 4.69) is 15.3 Å². The van der Waals surface area contributed by atoms with Gasteiger partial charge >= 0.3 is 6.09 Å². The van der Waals surface area contributed by atoms with Crippen molar-refractivity contribution in [3.05, 3.63) is 42.7 Å². The highest BCUT2D eigenvalue weighted by molar-refractivity contribution is 7.21. The number of hydrogen-bond acceptors (Lipinski definition) is 7. The van der Waals surface area contributed by atoms with Gasteiger partial charge in [-0.15, -0.1) is 11.3 Å². The second-order valence-corrected chi connectivity index (χ2v) is 6.71. The molecule has 2 aromatic heterocycles. The minimum atomic E-state index is -0.742. The molecule has 0 aliphatic carbocycles. The van der Waals surface area contributed by atoms with Gasteiger partial charge in [0.25, 0.3) is 0 Å². The Kier molecular flexibility index (Phi) is 5.97. The molecule has 0 radical (unpaired) electrons. The third-order valence-electron chi connectivity index (χ3n) is 3.90. The van der Waals surface area contributed by atoms with Crippen LogP contribution in [0.4, 0.5) is 10.6 Å². The van der Waals surface area contributed by atoms with Crippen molar-refractivity contribution in [1.29, 1.82) is 0 Å². The van der Waals surface area contributed by atoms with Gasteiger partial charge in [0.05, 0.1) is 18.5 Å². The SMILES string of the molecule is CCOC(=O)NC(=O)CN(CC)c1ncnc2sc(-c3ccccc3)cc12. The zero-order chi connectivity index (χ0) is 19.2. The van der Waals surface area contributed by atoms with Gasteiger partial charge in [-0.3, -0.25) is 10.1 Å². The number of anilines is 1. The van der Waals surface area contributed by atoms with Crippen molar-refractivity contribution in [2.45, 2.75) is 13.8 Å². The third kappa shape index (κ3) is 4.40. The van der Waals surface area contributed by atoms with E-state index in [-0.39, 0.29) is 13.2 Å². The second-order valence-electron chi connectivity index (χ2n) is 5.68. The van der Waals surface area contributed by atoms with Crippen LogP contribution in [0.25, 0.3) is 20.7 Å². The Morgan fingerprint density at radius 3 is 2.67 bits per heavy atom. The molecule has 0 fully saturated rings. The van der Waals surface area contributed by atoms with Crippen LogP contribution in [0, 0.1) is 0 Å². The maximum Gasteiger partial charge on any atom is 0.413 e. The second kappa shape index (κ2) is 8.59. The molecule has 7 nitrogen and oxygen atoms in total. The summed E-state index contributed by atoms with van der Waals surface area (Å²) in [5.74, 6) is 0.223. The van der Waals surface area contributed by atoms with Crippen molar-refractivity contribution >= 4 is 39.4 Å². The third-order valence-corrected chi connectivity index (χ3v) is 4.99. The van der Waals surface area contributed by atoms with Crippen molar-refractivity contribution in [2.75, 3.05) is 24.6 Å². The minimum absolute atomic E-state index is 0.00204. The highest BCUT2D eigenvalue weighted by atomic mass is 32.1. The average Bonchev–Trinajstić information content (AvgIpc) is 3.11. The van der Waals surface area contributed by atoms with E-state index in [4.69, 9.17) is 4.74 Å². The zero-order valence-corrected chi connectivity index (χ0v) is 16.0. The molecule has 2 heterocycles. The van der Waals surface area contributed by atoms with Gasteiger partial charge in [0.1, 0.15) is 17.0 Å². The summed E-state index contributed by atoms with van der Waals surface area (Å²) in [6.07, 6.45) is 0.753. The summed E-state index contributed by atoms with van der Waals surface area (Å²) in [4.78, 5) is 36.1. The lowest BCUT2D eigenvalue weighted by molar-refractivity contribution is -0.119. The van der Waals surface area contributed by atoms with E-state index in [0.29, 0.717) is 12.4 Å². The van der Waals surface area contributed by atoms with Crippen LogP contribution in [-0.2, 0) is 9.53 Å². The first kappa shape index (κ1) is 18.8. The fourth-order valence-electron chi connectivity index (χ4n) is 2.67. The normalized spacial score (nSPS) is 10.6. The number of ether oxygens (including phenoxy) is 1. The number of carbonyl (C=O) groups is 2. The molecule has 1 N–H and O–H groups in total.